The lowest BCUT2D eigenvalue weighted by atomic mass is 10.1. The van der Waals surface area contributed by atoms with Crippen LogP contribution in [-0.2, 0) is 13.1 Å². The van der Waals surface area contributed by atoms with Crippen molar-refractivity contribution >= 4 is 11.7 Å². The molecule has 0 aliphatic rings. The van der Waals surface area contributed by atoms with Crippen LogP contribution in [0.1, 0.15) is 27.2 Å². The average molecular weight is 362 g/mol. The fourth-order valence-corrected chi connectivity index (χ4v) is 2.55. The number of methoxy groups -OCH3 is 1. The van der Waals surface area contributed by atoms with Crippen LogP contribution in [0.2, 0.25) is 0 Å². The van der Waals surface area contributed by atoms with Gasteiger partial charge in [-0.3, -0.25) is 4.79 Å². The number of para-hydroxylation sites is 1. The molecule has 0 atom stereocenters. The Bertz CT molecular complexity index is 893. The van der Waals surface area contributed by atoms with Crippen LogP contribution in [0.5, 0.6) is 5.75 Å². The number of ether oxygens (including phenoxy) is 1. The molecule has 0 aliphatic carbocycles. The van der Waals surface area contributed by atoms with Crippen molar-refractivity contribution in [3.05, 3.63) is 83.3 Å². The number of aryl methyl sites for hydroxylation is 1. The molecular weight excluding hydrogens is 340 g/mol. The predicted molar refractivity (Wildman–Crippen MR) is 105 cm³/mol. The summed E-state index contributed by atoms with van der Waals surface area (Å²) in [6.07, 6.45) is 3.03. The number of carbonyl (C=O) groups excluding carboxylic acids is 1. The van der Waals surface area contributed by atoms with Crippen molar-refractivity contribution in [3.63, 3.8) is 0 Å². The summed E-state index contributed by atoms with van der Waals surface area (Å²) < 4.78 is 5.28. The normalized spacial score (nSPS) is 10.3. The first-order valence-electron chi connectivity index (χ1n) is 8.67. The summed E-state index contributed by atoms with van der Waals surface area (Å²) in [5.41, 5.74) is 3.55. The maximum absolute atomic E-state index is 12.3. The third-order valence-corrected chi connectivity index (χ3v) is 4.11. The van der Waals surface area contributed by atoms with E-state index in [9.17, 15) is 4.79 Å². The van der Waals surface area contributed by atoms with Gasteiger partial charge in [0.1, 0.15) is 17.3 Å². The molecule has 138 valence electrons. The first-order chi connectivity index (χ1) is 13.2. The largest absolute Gasteiger partial charge is 0.496 e. The molecular formula is C21H22N4O2. The van der Waals surface area contributed by atoms with Crippen LogP contribution in [-0.4, -0.2) is 23.0 Å². The van der Waals surface area contributed by atoms with Crippen LogP contribution in [0.25, 0.3) is 0 Å². The number of benzene rings is 2. The van der Waals surface area contributed by atoms with E-state index in [-0.39, 0.29) is 11.6 Å². The van der Waals surface area contributed by atoms with Gasteiger partial charge in [-0.2, -0.15) is 0 Å². The molecule has 6 heteroatoms. The minimum atomic E-state index is -0.279. The van der Waals surface area contributed by atoms with Crippen molar-refractivity contribution in [1.82, 2.24) is 15.3 Å². The Morgan fingerprint density at radius 2 is 1.78 bits per heavy atom. The zero-order chi connectivity index (χ0) is 19.1. The first kappa shape index (κ1) is 18.4. The van der Waals surface area contributed by atoms with Crippen LogP contribution in [0.4, 0.5) is 5.82 Å². The molecule has 1 amide bonds. The molecule has 2 aromatic carbocycles. The molecule has 0 spiro atoms. The zero-order valence-corrected chi connectivity index (χ0v) is 15.4. The van der Waals surface area contributed by atoms with Crippen molar-refractivity contribution in [2.75, 3.05) is 12.4 Å². The molecule has 0 saturated carbocycles. The Balaban J connectivity index is 1.54. The monoisotopic (exact) mass is 362 g/mol. The van der Waals surface area contributed by atoms with Gasteiger partial charge in [0.2, 0.25) is 0 Å². The highest BCUT2D eigenvalue weighted by Crippen LogP contribution is 2.16. The van der Waals surface area contributed by atoms with Crippen molar-refractivity contribution in [1.29, 1.82) is 0 Å². The summed E-state index contributed by atoms with van der Waals surface area (Å²) in [6.45, 7) is 3.06. The molecule has 0 radical (unpaired) electrons. The number of hydrogen-bond donors (Lipinski definition) is 2. The number of nitrogens with one attached hydrogen (secondary N) is 2. The maximum atomic E-state index is 12.3. The molecule has 0 bridgehead atoms. The predicted octanol–water partition coefficient (Wildman–Crippen LogP) is 3.34. The van der Waals surface area contributed by atoms with Gasteiger partial charge in [-0.05, 0) is 18.6 Å². The van der Waals surface area contributed by atoms with E-state index >= 15 is 0 Å². The van der Waals surface area contributed by atoms with E-state index < -0.39 is 0 Å². The fraction of sp³-hybridized carbons (Fsp3) is 0.190. The van der Waals surface area contributed by atoms with Crippen LogP contribution in [0, 0.1) is 6.92 Å². The lowest BCUT2D eigenvalue weighted by Gasteiger charge is -2.09. The molecule has 0 unspecified atom stereocenters. The standard InChI is InChI=1S/C21H22N4O2/c1-15-7-9-16(10-8-15)11-23-20-14-22-18(13-24-20)21(26)25-12-17-5-3-4-6-19(17)27-2/h3-10,13-14H,11-12H2,1-2H3,(H,23,24)(H,25,26). The quantitative estimate of drug-likeness (QED) is 0.674. The number of carbonyl (C=O) groups is 1. The zero-order valence-electron chi connectivity index (χ0n) is 15.4. The van der Waals surface area contributed by atoms with E-state index in [1.54, 1.807) is 13.3 Å². The van der Waals surface area contributed by atoms with Crippen LogP contribution in [0.15, 0.2) is 60.9 Å². The lowest BCUT2D eigenvalue weighted by Crippen LogP contribution is -2.24. The van der Waals surface area contributed by atoms with E-state index in [1.807, 2.05) is 24.3 Å². The third kappa shape index (κ3) is 5.04. The van der Waals surface area contributed by atoms with Gasteiger partial charge in [0.25, 0.3) is 5.91 Å². The minimum absolute atomic E-state index is 0.269. The third-order valence-electron chi connectivity index (χ3n) is 4.11. The minimum Gasteiger partial charge on any atom is -0.496 e. The number of nitrogens with zero attached hydrogens (tertiary/aromatic N) is 2. The second-order valence-corrected chi connectivity index (χ2v) is 6.12. The molecule has 1 aromatic heterocycles. The molecule has 0 saturated heterocycles. The Morgan fingerprint density at radius 1 is 1.00 bits per heavy atom. The molecule has 6 nitrogen and oxygen atoms in total. The molecule has 1 heterocycles. The van der Waals surface area contributed by atoms with Gasteiger partial charge in [0.05, 0.1) is 19.5 Å². The van der Waals surface area contributed by atoms with Crippen molar-refractivity contribution in [2.24, 2.45) is 0 Å². The van der Waals surface area contributed by atoms with E-state index in [1.165, 1.54) is 11.8 Å². The van der Waals surface area contributed by atoms with Crippen LogP contribution in [0.3, 0.4) is 0 Å². The van der Waals surface area contributed by atoms with Crippen molar-refractivity contribution in [3.8, 4) is 5.75 Å². The molecule has 27 heavy (non-hydrogen) atoms. The summed E-state index contributed by atoms with van der Waals surface area (Å²) in [4.78, 5) is 20.7. The summed E-state index contributed by atoms with van der Waals surface area (Å²) in [7, 11) is 1.61. The molecule has 0 aliphatic heterocycles. The van der Waals surface area contributed by atoms with Crippen molar-refractivity contribution in [2.45, 2.75) is 20.0 Å². The topological polar surface area (TPSA) is 76.1 Å². The Morgan fingerprint density at radius 3 is 2.48 bits per heavy atom. The van der Waals surface area contributed by atoms with Gasteiger partial charge in [-0.1, -0.05) is 48.0 Å². The molecule has 3 aromatic rings. The van der Waals surface area contributed by atoms with Gasteiger partial charge < -0.3 is 15.4 Å². The number of hydrogen-bond acceptors (Lipinski definition) is 5. The molecule has 2 N–H and O–H groups in total. The lowest BCUT2D eigenvalue weighted by molar-refractivity contribution is 0.0945. The van der Waals surface area contributed by atoms with E-state index in [0.29, 0.717) is 18.9 Å². The van der Waals surface area contributed by atoms with E-state index in [4.69, 9.17) is 4.74 Å². The van der Waals surface area contributed by atoms with Crippen LogP contribution >= 0.6 is 0 Å². The second kappa shape index (κ2) is 8.80. The molecule has 0 fully saturated rings. The highest BCUT2D eigenvalue weighted by Gasteiger charge is 2.09. The van der Waals surface area contributed by atoms with Gasteiger partial charge >= 0.3 is 0 Å². The van der Waals surface area contributed by atoms with Crippen molar-refractivity contribution < 1.29 is 9.53 Å². The van der Waals surface area contributed by atoms with Gasteiger partial charge in [-0.15, -0.1) is 0 Å². The highest BCUT2D eigenvalue weighted by atomic mass is 16.5. The van der Waals surface area contributed by atoms with Gasteiger partial charge in [-0.25, -0.2) is 9.97 Å². The van der Waals surface area contributed by atoms with E-state index in [0.717, 1.165) is 16.9 Å². The average Bonchev–Trinajstić information content (AvgIpc) is 2.72. The SMILES string of the molecule is COc1ccccc1CNC(=O)c1cnc(NCc2ccc(C)cc2)cn1. The van der Waals surface area contributed by atoms with Gasteiger partial charge in [0.15, 0.2) is 0 Å². The Kier molecular flexibility index (Phi) is 5.99. The number of amides is 1. The fourth-order valence-electron chi connectivity index (χ4n) is 2.55. The summed E-state index contributed by atoms with van der Waals surface area (Å²) in [5, 5.41) is 6.03. The Labute approximate surface area is 158 Å². The first-order valence-corrected chi connectivity index (χ1v) is 8.67. The van der Waals surface area contributed by atoms with E-state index in [2.05, 4.69) is 51.8 Å². The second-order valence-electron chi connectivity index (χ2n) is 6.12. The summed E-state index contributed by atoms with van der Waals surface area (Å²) in [5.74, 6) is 1.08. The molecule has 3 rings (SSSR count). The number of anilines is 1. The highest BCUT2D eigenvalue weighted by molar-refractivity contribution is 5.92. The number of rotatable bonds is 7. The summed E-state index contributed by atoms with van der Waals surface area (Å²) >= 11 is 0. The van der Waals surface area contributed by atoms with Gasteiger partial charge in [0, 0.05) is 18.7 Å². The Hall–Kier alpha value is -3.41. The summed E-state index contributed by atoms with van der Waals surface area (Å²) in [6, 6.07) is 15.8. The smallest absolute Gasteiger partial charge is 0.271 e. The van der Waals surface area contributed by atoms with Crippen LogP contribution < -0.4 is 15.4 Å². The maximum Gasteiger partial charge on any atom is 0.271 e. The number of aromatic nitrogens is 2.